The van der Waals surface area contributed by atoms with Crippen molar-refractivity contribution < 1.29 is 14.7 Å². The highest BCUT2D eigenvalue weighted by Gasteiger charge is 2.17. The first-order valence-electron chi connectivity index (χ1n) is 14.7. The molecule has 4 aromatic rings. The van der Waals surface area contributed by atoms with Gasteiger partial charge >= 0.3 is 5.97 Å². The Hall–Kier alpha value is -3.86. The quantitative estimate of drug-likeness (QED) is 0.112. The van der Waals surface area contributed by atoms with Gasteiger partial charge < -0.3 is 15.0 Å². The minimum absolute atomic E-state index is 0.0194. The number of nitrogens with zero attached hydrogens (tertiary/aromatic N) is 1. The molecule has 5 nitrogen and oxygen atoms in total. The Labute approximate surface area is 238 Å². The van der Waals surface area contributed by atoms with Crippen LogP contribution in [-0.2, 0) is 24.2 Å². The molecule has 0 spiro atoms. The molecular formula is C35H42N2O3. The topological polar surface area (TPSA) is 71.3 Å². The summed E-state index contributed by atoms with van der Waals surface area (Å²) in [6.07, 6.45) is 9.47. The molecule has 5 heteroatoms. The van der Waals surface area contributed by atoms with E-state index in [-0.39, 0.29) is 12.2 Å². The van der Waals surface area contributed by atoms with Gasteiger partial charge in [-0.2, -0.15) is 0 Å². The number of carbonyl (C=O) groups is 2. The molecule has 0 fully saturated rings. The van der Waals surface area contributed by atoms with Gasteiger partial charge in [0.25, 0.3) is 0 Å². The number of carbonyl (C=O) groups excluding carboxylic acids is 1. The van der Waals surface area contributed by atoms with Crippen LogP contribution in [0.25, 0.3) is 10.9 Å². The monoisotopic (exact) mass is 538 g/mol. The maximum absolute atomic E-state index is 13.5. The van der Waals surface area contributed by atoms with Gasteiger partial charge in [0.2, 0.25) is 0 Å². The first-order chi connectivity index (χ1) is 19.4. The number of rotatable bonds is 16. The lowest BCUT2D eigenvalue weighted by atomic mass is 10.00. The number of aliphatic carboxylic acids is 1. The van der Waals surface area contributed by atoms with Gasteiger partial charge in [-0.3, -0.25) is 9.59 Å². The molecule has 40 heavy (non-hydrogen) atoms. The van der Waals surface area contributed by atoms with Gasteiger partial charge in [-0.25, -0.2) is 0 Å². The summed E-state index contributed by atoms with van der Waals surface area (Å²) in [7, 11) is 0. The first-order valence-corrected chi connectivity index (χ1v) is 14.7. The zero-order valence-corrected chi connectivity index (χ0v) is 23.9. The lowest BCUT2D eigenvalue weighted by Gasteiger charge is -2.09. The second kappa shape index (κ2) is 14.5. The van der Waals surface area contributed by atoms with Crippen molar-refractivity contribution in [1.29, 1.82) is 0 Å². The summed E-state index contributed by atoms with van der Waals surface area (Å²) in [6.45, 7) is 5.96. The fraction of sp³-hybridized carbons (Fsp3) is 0.371. The smallest absolute Gasteiger partial charge is 0.303 e. The standard InChI is InChI=1S/C35H42N2O3/c1-26(2)23-28-19-17-27(18-20-28)11-5-3-4-8-21-36-30-13-9-12-29(24-30)35(40)32-25-37(22-10-16-34(38)39)33-15-7-6-14-31(32)33/h6-7,9,12-15,17-20,24-26,36H,3-5,8,10-11,16,21-23H2,1-2H3,(H,38,39). The normalized spacial score (nSPS) is 11.3. The molecule has 2 N–H and O–H groups in total. The van der Waals surface area contributed by atoms with Crippen molar-refractivity contribution in [2.75, 3.05) is 11.9 Å². The van der Waals surface area contributed by atoms with E-state index in [2.05, 4.69) is 43.4 Å². The Morgan fingerprint density at radius 1 is 0.850 bits per heavy atom. The number of fused-ring (bicyclic) bond motifs is 1. The molecule has 0 unspecified atom stereocenters. The van der Waals surface area contributed by atoms with Gasteiger partial charge in [0.15, 0.2) is 5.78 Å². The summed E-state index contributed by atoms with van der Waals surface area (Å²) >= 11 is 0. The Bertz CT molecular complexity index is 1400. The van der Waals surface area contributed by atoms with Crippen LogP contribution in [-0.4, -0.2) is 28.0 Å². The molecule has 1 aromatic heterocycles. The number of ketones is 1. The van der Waals surface area contributed by atoms with E-state index in [0.717, 1.165) is 42.4 Å². The second-order valence-corrected chi connectivity index (χ2v) is 11.2. The number of carboxylic acid groups (broad SMARTS) is 1. The number of benzene rings is 3. The molecule has 3 aromatic carbocycles. The van der Waals surface area contributed by atoms with Crippen LogP contribution in [0.4, 0.5) is 5.69 Å². The predicted molar refractivity (Wildman–Crippen MR) is 164 cm³/mol. The van der Waals surface area contributed by atoms with Crippen LogP contribution < -0.4 is 5.32 Å². The van der Waals surface area contributed by atoms with Crippen LogP contribution in [0.2, 0.25) is 0 Å². The predicted octanol–water partition coefficient (Wildman–Crippen LogP) is 8.15. The minimum Gasteiger partial charge on any atom is -0.481 e. The molecule has 0 radical (unpaired) electrons. The van der Waals surface area contributed by atoms with E-state index in [1.165, 1.54) is 30.4 Å². The Morgan fingerprint density at radius 3 is 2.38 bits per heavy atom. The Balaban J connectivity index is 1.25. The summed E-state index contributed by atoms with van der Waals surface area (Å²) in [6, 6.07) is 24.7. The fourth-order valence-corrected chi connectivity index (χ4v) is 5.29. The molecule has 0 amide bonds. The minimum atomic E-state index is -0.806. The van der Waals surface area contributed by atoms with Gasteiger partial charge in [0, 0.05) is 53.4 Å². The van der Waals surface area contributed by atoms with E-state index < -0.39 is 5.97 Å². The van der Waals surface area contributed by atoms with E-state index >= 15 is 0 Å². The molecule has 0 bridgehead atoms. The number of aromatic nitrogens is 1. The lowest BCUT2D eigenvalue weighted by molar-refractivity contribution is -0.137. The van der Waals surface area contributed by atoms with Crippen molar-refractivity contribution >= 4 is 28.3 Å². The Morgan fingerprint density at radius 2 is 1.60 bits per heavy atom. The maximum atomic E-state index is 13.5. The number of unbranched alkanes of at least 4 members (excludes halogenated alkanes) is 3. The van der Waals surface area contributed by atoms with Gasteiger partial charge in [-0.15, -0.1) is 0 Å². The number of nitrogens with one attached hydrogen (secondary N) is 1. The summed E-state index contributed by atoms with van der Waals surface area (Å²) in [5.74, 6) is -0.132. The average molecular weight is 539 g/mol. The average Bonchev–Trinajstić information content (AvgIpc) is 3.31. The third-order valence-corrected chi connectivity index (χ3v) is 7.34. The maximum Gasteiger partial charge on any atom is 0.303 e. The number of hydrogen-bond donors (Lipinski definition) is 2. The third kappa shape index (κ3) is 8.32. The van der Waals surface area contributed by atoms with E-state index in [9.17, 15) is 9.59 Å². The van der Waals surface area contributed by atoms with Crippen LogP contribution in [0.5, 0.6) is 0 Å². The molecule has 1 heterocycles. The highest BCUT2D eigenvalue weighted by atomic mass is 16.4. The van der Waals surface area contributed by atoms with E-state index in [4.69, 9.17) is 5.11 Å². The van der Waals surface area contributed by atoms with E-state index in [1.54, 1.807) is 0 Å². The molecule has 0 aliphatic heterocycles. The fourth-order valence-electron chi connectivity index (χ4n) is 5.29. The van der Waals surface area contributed by atoms with E-state index in [1.807, 2.05) is 59.3 Å². The zero-order valence-electron chi connectivity index (χ0n) is 23.9. The number of hydrogen-bond acceptors (Lipinski definition) is 3. The molecule has 0 saturated heterocycles. The Kier molecular flexibility index (Phi) is 10.6. The molecule has 0 aliphatic carbocycles. The van der Waals surface area contributed by atoms with Gasteiger partial charge in [0.1, 0.15) is 0 Å². The second-order valence-electron chi connectivity index (χ2n) is 11.2. The number of aryl methyl sites for hydroxylation is 2. The SMILES string of the molecule is CC(C)Cc1ccc(CCCCCCNc2cccc(C(=O)c3cn(CCCC(=O)O)c4ccccc34)c2)cc1. The first kappa shape index (κ1) is 29.1. The highest BCUT2D eigenvalue weighted by molar-refractivity contribution is 6.16. The van der Waals surface area contributed by atoms with Gasteiger partial charge in [-0.1, -0.05) is 81.3 Å². The molecule has 4 rings (SSSR count). The van der Waals surface area contributed by atoms with Gasteiger partial charge in [0.05, 0.1) is 0 Å². The van der Waals surface area contributed by atoms with Crippen LogP contribution >= 0.6 is 0 Å². The third-order valence-electron chi connectivity index (χ3n) is 7.34. The zero-order chi connectivity index (χ0) is 28.3. The lowest BCUT2D eigenvalue weighted by Crippen LogP contribution is -2.05. The van der Waals surface area contributed by atoms with Crippen LogP contribution in [0.15, 0.2) is 79.0 Å². The van der Waals surface area contributed by atoms with Crippen LogP contribution in [0.1, 0.15) is 79.4 Å². The summed E-state index contributed by atoms with van der Waals surface area (Å²) in [5, 5.41) is 13.4. The van der Waals surface area contributed by atoms with E-state index in [0.29, 0.717) is 30.0 Å². The van der Waals surface area contributed by atoms with Crippen molar-refractivity contribution in [3.05, 3.63) is 101 Å². The van der Waals surface area contributed by atoms with Crippen molar-refractivity contribution in [2.24, 2.45) is 5.92 Å². The van der Waals surface area contributed by atoms with Gasteiger partial charge in [-0.05, 0) is 67.3 Å². The summed E-state index contributed by atoms with van der Waals surface area (Å²) in [4.78, 5) is 24.4. The number of carboxylic acids is 1. The van der Waals surface area contributed by atoms with Crippen LogP contribution in [0, 0.1) is 5.92 Å². The molecular weight excluding hydrogens is 496 g/mol. The molecule has 0 aliphatic rings. The molecule has 0 saturated carbocycles. The van der Waals surface area contributed by atoms with Crippen LogP contribution in [0.3, 0.4) is 0 Å². The summed E-state index contributed by atoms with van der Waals surface area (Å²) < 4.78 is 2.00. The largest absolute Gasteiger partial charge is 0.481 e. The van der Waals surface area contributed by atoms with Crippen molar-refractivity contribution in [1.82, 2.24) is 4.57 Å². The molecule has 0 atom stereocenters. The van der Waals surface area contributed by atoms with Crippen molar-refractivity contribution in [3.8, 4) is 0 Å². The number of para-hydroxylation sites is 1. The number of anilines is 1. The molecule has 210 valence electrons. The van der Waals surface area contributed by atoms with Crippen molar-refractivity contribution in [3.63, 3.8) is 0 Å². The highest BCUT2D eigenvalue weighted by Crippen LogP contribution is 2.25. The summed E-state index contributed by atoms with van der Waals surface area (Å²) in [5.41, 5.74) is 6.06. The van der Waals surface area contributed by atoms with Crippen molar-refractivity contribution in [2.45, 2.75) is 71.8 Å².